The average molecular weight is 362 g/mol. The van der Waals surface area contributed by atoms with Crippen LogP contribution in [0.1, 0.15) is 13.8 Å². The second kappa shape index (κ2) is 8.31. The maximum absolute atomic E-state index is 12.3. The number of carbonyl (C=O) groups is 2. The van der Waals surface area contributed by atoms with E-state index in [-0.39, 0.29) is 0 Å². The molecule has 0 aliphatic rings. The average Bonchev–Trinajstić information content (AvgIpc) is 2.70. The Balaban J connectivity index is 1.68. The molecule has 0 aliphatic heterocycles. The van der Waals surface area contributed by atoms with Crippen molar-refractivity contribution < 1.29 is 9.59 Å². The molecule has 0 radical (unpaired) electrons. The van der Waals surface area contributed by atoms with E-state index < -0.39 is 11.8 Å². The molecule has 0 aliphatic carbocycles. The molecule has 3 aromatic rings. The fourth-order valence-corrected chi connectivity index (χ4v) is 2.92. The minimum absolute atomic E-state index is 0.505. The van der Waals surface area contributed by atoms with E-state index in [0.29, 0.717) is 16.9 Å². The Hall–Kier alpha value is -3.41. The van der Waals surface area contributed by atoms with E-state index in [9.17, 15) is 9.59 Å². The van der Waals surface area contributed by atoms with Gasteiger partial charge in [-0.15, -0.1) is 0 Å². The maximum atomic E-state index is 12.3. The summed E-state index contributed by atoms with van der Waals surface area (Å²) in [7, 11) is 0. The van der Waals surface area contributed by atoms with Gasteiger partial charge in [-0.25, -0.2) is 0 Å². The van der Waals surface area contributed by atoms with Gasteiger partial charge in [0.15, 0.2) is 0 Å². The molecular formula is C21H22N4O2. The van der Waals surface area contributed by atoms with Crippen LogP contribution in [0, 0.1) is 0 Å². The first-order chi connectivity index (χ1) is 13.1. The minimum atomic E-state index is -0.735. The highest BCUT2D eigenvalue weighted by molar-refractivity contribution is 6.44. The number of carbonyl (C=O) groups excluding carboxylic acids is 2. The number of nitrogens with zero attached hydrogens (tertiary/aromatic N) is 2. The largest absolute Gasteiger partial charge is 0.372 e. The van der Waals surface area contributed by atoms with Crippen molar-refractivity contribution >= 4 is 39.8 Å². The predicted molar refractivity (Wildman–Crippen MR) is 109 cm³/mol. The van der Waals surface area contributed by atoms with E-state index in [2.05, 4.69) is 34.4 Å². The molecule has 0 atom stereocenters. The zero-order valence-electron chi connectivity index (χ0n) is 15.4. The van der Waals surface area contributed by atoms with Gasteiger partial charge in [0, 0.05) is 36.0 Å². The van der Waals surface area contributed by atoms with Crippen molar-refractivity contribution in [2.75, 3.05) is 28.6 Å². The van der Waals surface area contributed by atoms with Crippen LogP contribution < -0.4 is 15.5 Å². The molecule has 0 unspecified atom stereocenters. The fourth-order valence-electron chi connectivity index (χ4n) is 2.92. The molecule has 0 saturated heterocycles. The van der Waals surface area contributed by atoms with E-state index in [0.717, 1.165) is 24.2 Å². The third-order valence-electron chi connectivity index (χ3n) is 4.34. The summed E-state index contributed by atoms with van der Waals surface area (Å²) in [4.78, 5) is 31.0. The lowest BCUT2D eigenvalue weighted by Crippen LogP contribution is -2.29. The molecule has 138 valence electrons. The lowest BCUT2D eigenvalue weighted by atomic mass is 10.2. The first kappa shape index (κ1) is 18.4. The molecule has 2 aromatic carbocycles. The number of fused-ring (bicyclic) bond motifs is 1. The molecule has 6 heteroatoms. The number of pyridine rings is 1. The quantitative estimate of drug-likeness (QED) is 0.679. The van der Waals surface area contributed by atoms with Crippen LogP contribution in [0.3, 0.4) is 0 Å². The molecule has 2 N–H and O–H groups in total. The summed E-state index contributed by atoms with van der Waals surface area (Å²) < 4.78 is 0. The van der Waals surface area contributed by atoms with Crippen molar-refractivity contribution in [1.82, 2.24) is 4.98 Å². The SMILES string of the molecule is CCN(CC)c1ccc(NC(=O)C(=O)Nc2cccc3cccnc23)cc1. The third-order valence-corrected chi connectivity index (χ3v) is 4.34. The van der Waals surface area contributed by atoms with Crippen LogP contribution >= 0.6 is 0 Å². The van der Waals surface area contributed by atoms with Gasteiger partial charge in [0.1, 0.15) is 0 Å². The van der Waals surface area contributed by atoms with E-state index >= 15 is 0 Å². The van der Waals surface area contributed by atoms with E-state index in [1.165, 1.54) is 0 Å². The second-order valence-electron chi connectivity index (χ2n) is 6.01. The Morgan fingerprint density at radius 3 is 2.26 bits per heavy atom. The molecule has 3 rings (SSSR count). The third kappa shape index (κ3) is 4.23. The summed E-state index contributed by atoms with van der Waals surface area (Å²) in [6.07, 6.45) is 1.65. The Morgan fingerprint density at radius 2 is 1.56 bits per heavy atom. The highest BCUT2D eigenvalue weighted by Gasteiger charge is 2.15. The van der Waals surface area contributed by atoms with Gasteiger partial charge in [0.2, 0.25) is 0 Å². The van der Waals surface area contributed by atoms with Crippen LogP contribution in [-0.4, -0.2) is 29.9 Å². The van der Waals surface area contributed by atoms with Gasteiger partial charge in [0.25, 0.3) is 0 Å². The van der Waals surface area contributed by atoms with E-state index in [1.807, 2.05) is 36.4 Å². The van der Waals surface area contributed by atoms with E-state index in [4.69, 9.17) is 0 Å². The van der Waals surface area contributed by atoms with Crippen LogP contribution in [-0.2, 0) is 9.59 Å². The lowest BCUT2D eigenvalue weighted by Gasteiger charge is -2.21. The molecule has 0 spiro atoms. The normalized spacial score (nSPS) is 10.4. The zero-order chi connectivity index (χ0) is 19.2. The lowest BCUT2D eigenvalue weighted by molar-refractivity contribution is -0.132. The van der Waals surface area contributed by atoms with Gasteiger partial charge in [-0.1, -0.05) is 18.2 Å². The van der Waals surface area contributed by atoms with Crippen LogP contribution in [0.5, 0.6) is 0 Å². The maximum Gasteiger partial charge on any atom is 0.314 e. The fraction of sp³-hybridized carbons (Fsp3) is 0.190. The summed E-state index contributed by atoms with van der Waals surface area (Å²) >= 11 is 0. The highest BCUT2D eigenvalue weighted by atomic mass is 16.2. The second-order valence-corrected chi connectivity index (χ2v) is 6.01. The molecule has 0 saturated carbocycles. The number of aromatic nitrogens is 1. The summed E-state index contributed by atoms with van der Waals surface area (Å²) in [6, 6.07) is 16.6. The smallest absolute Gasteiger partial charge is 0.314 e. The topological polar surface area (TPSA) is 74.3 Å². The van der Waals surface area contributed by atoms with Crippen molar-refractivity contribution in [1.29, 1.82) is 0 Å². The Kier molecular flexibility index (Phi) is 5.66. The van der Waals surface area contributed by atoms with Gasteiger partial charge in [-0.3, -0.25) is 14.6 Å². The Bertz CT molecular complexity index is 945. The number of hydrogen-bond acceptors (Lipinski definition) is 4. The van der Waals surface area contributed by atoms with Crippen LogP contribution in [0.25, 0.3) is 10.9 Å². The number of amides is 2. The molecule has 6 nitrogen and oxygen atoms in total. The molecule has 1 heterocycles. The molecular weight excluding hydrogens is 340 g/mol. The van der Waals surface area contributed by atoms with Gasteiger partial charge in [-0.05, 0) is 50.2 Å². The number of anilines is 3. The summed E-state index contributed by atoms with van der Waals surface area (Å²) in [5.41, 5.74) is 2.79. The van der Waals surface area contributed by atoms with Gasteiger partial charge in [0.05, 0.1) is 11.2 Å². The summed E-state index contributed by atoms with van der Waals surface area (Å²) in [5.74, 6) is -1.46. The molecule has 27 heavy (non-hydrogen) atoms. The predicted octanol–water partition coefficient (Wildman–Crippen LogP) is 3.66. The van der Waals surface area contributed by atoms with Crippen LogP contribution in [0.2, 0.25) is 0 Å². The van der Waals surface area contributed by atoms with Crippen molar-refractivity contribution in [2.45, 2.75) is 13.8 Å². The first-order valence-corrected chi connectivity index (χ1v) is 8.93. The van der Waals surface area contributed by atoms with Crippen molar-refractivity contribution in [3.63, 3.8) is 0 Å². The zero-order valence-corrected chi connectivity index (χ0v) is 15.4. The number of para-hydroxylation sites is 1. The summed E-state index contributed by atoms with van der Waals surface area (Å²) in [5, 5.41) is 6.14. The standard InChI is InChI=1S/C21H22N4O2/c1-3-25(4-2)17-12-10-16(11-13-17)23-20(26)21(27)24-18-9-5-7-15-8-6-14-22-19(15)18/h5-14H,3-4H2,1-2H3,(H,23,26)(H,24,27). The first-order valence-electron chi connectivity index (χ1n) is 8.93. The Labute approximate surface area is 158 Å². The number of benzene rings is 2. The number of hydrogen-bond donors (Lipinski definition) is 2. The van der Waals surface area contributed by atoms with Crippen molar-refractivity contribution in [2.24, 2.45) is 0 Å². The number of rotatable bonds is 5. The van der Waals surface area contributed by atoms with E-state index in [1.54, 1.807) is 24.4 Å². The van der Waals surface area contributed by atoms with Crippen molar-refractivity contribution in [3.8, 4) is 0 Å². The van der Waals surface area contributed by atoms with Crippen LogP contribution in [0.4, 0.5) is 17.1 Å². The van der Waals surface area contributed by atoms with Gasteiger partial charge >= 0.3 is 11.8 Å². The Morgan fingerprint density at radius 1 is 0.889 bits per heavy atom. The monoisotopic (exact) mass is 362 g/mol. The molecule has 0 fully saturated rings. The minimum Gasteiger partial charge on any atom is -0.372 e. The van der Waals surface area contributed by atoms with Crippen molar-refractivity contribution in [3.05, 3.63) is 60.8 Å². The van der Waals surface area contributed by atoms with Crippen LogP contribution in [0.15, 0.2) is 60.8 Å². The number of nitrogens with one attached hydrogen (secondary N) is 2. The summed E-state index contributed by atoms with van der Waals surface area (Å²) in [6.45, 7) is 5.99. The van der Waals surface area contributed by atoms with Gasteiger partial charge in [-0.2, -0.15) is 0 Å². The highest BCUT2D eigenvalue weighted by Crippen LogP contribution is 2.21. The van der Waals surface area contributed by atoms with Gasteiger partial charge < -0.3 is 15.5 Å². The molecule has 0 bridgehead atoms. The molecule has 2 amide bonds. The molecule has 1 aromatic heterocycles.